The van der Waals surface area contributed by atoms with Crippen LogP contribution in [0.4, 0.5) is 0 Å². The van der Waals surface area contributed by atoms with E-state index in [9.17, 15) is 0 Å². The summed E-state index contributed by atoms with van der Waals surface area (Å²) in [6.45, 7) is 9.19. The van der Waals surface area contributed by atoms with E-state index in [0.29, 0.717) is 0 Å². The molecule has 3 atom stereocenters. The number of piperidine rings is 1. The van der Waals surface area contributed by atoms with Gasteiger partial charge in [0.2, 0.25) is 0 Å². The Morgan fingerprint density at radius 1 is 1.21 bits per heavy atom. The maximum Gasteiger partial charge on any atom is 0.0307 e. The fourth-order valence-corrected chi connectivity index (χ4v) is 2.98. The maximum absolute atomic E-state index is 6.32. The third-order valence-electron chi connectivity index (χ3n) is 4.48. The highest BCUT2D eigenvalue weighted by Crippen LogP contribution is 2.23. The second-order valence-electron chi connectivity index (χ2n) is 6.33. The molecule has 3 unspecified atom stereocenters. The first-order chi connectivity index (χ1) is 9.06. The van der Waals surface area contributed by atoms with Gasteiger partial charge in [-0.05, 0) is 44.6 Å². The van der Waals surface area contributed by atoms with Crippen LogP contribution in [0.3, 0.4) is 0 Å². The van der Waals surface area contributed by atoms with Gasteiger partial charge in [0.15, 0.2) is 0 Å². The molecule has 2 heteroatoms. The van der Waals surface area contributed by atoms with E-state index in [0.717, 1.165) is 24.9 Å². The van der Waals surface area contributed by atoms with Crippen LogP contribution < -0.4 is 5.73 Å². The van der Waals surface area contributed by atoms with E-state index in [1.807, 2.05) is 0 Å². The number of hydrogen-bond donors (Lipinski definition) is 1. The number of nitrogens with two attached hydrogens (primary N) is 1. The van der Waals surface area contributed by atoms with Crippen molar-refractivity contribution in [3.63, 3.8) is 0 Å². The van der Waals surface area contributed by atoms with Crippen molar-refractivity contribution >= 4 is 0 Å². The van der Waals surface area contributed by atoms with E-state index in [1.54, 1.807) is 0 Å². The molecular formula is C17H28N2. The van der Waals surface area contributed by atoms with Crippen molar-refractivity contribution in [1.29, 1.82) is 0 Å². The molecule has 1 saturated heterocycles. The Morgan fingerprint density at radius 3 is 2.58 bits per heavy atom. The summed E-state index contributed by atoms with van der Waals surface area (Å²) in [5.74, 6) is 0.840. The molecular weight excluding hydrogens is 232 g/mol. The molecule has 0 spiro atoms. The predicted octanol–water partition coefficient (Wildman–Crippen LogP) is 3.51. The van der Waals surface area contributed by atoms with Crippen molar-refractivity contribution in [3.05, 3.63) is 35.4 Å². The lowest BCUT2D eigenvalue weighted by Crippen LogP contribution is -2.42. The minimum Gasteiger partial charge on any atom is -0.324 e. The Labute approximate surface area is 118 Å². The molecule has 1 aliphatic heterocycles. The minimum absolute atomic E-state index is 0.171. The van der Waals surface area contributed by atoms with Crippen molar-refractivity contribution in [2.24, 2.45) is 11.7 Å². The summed E-state index contributed by atoms with van der Waals surface area (Å²) in [6.07, 6.45) is 3.77. The normalized spacial score (nSPS) is 26.3. The summed E-state index contributed by atoms with van der Waals surface area (Å²) in [7, 11) is 0. The van der Waals surface area contributed by atoms with Crippen LogP contribution in [0.25, 0.3) is 0 Å². The SMILES string of the molecule is Cc1ccc(C(N)CCN2CC(C)CCC2C)cc1. The van der Waals surface area contributed by atoms with Gasteiger partial charge in [-0.1, -0.05) is 36.8 Å². The summed E-state index contributed by atoms with van der Waals surface area (Å²) in [4.78, 5) is 2.61. The Kier molecular flexibility index (Phi) is 5.00. The van der Waals surface area contributed by atoms with E-state index in [2.05, 4.69) is 49.9 Å². The van der Waals surface area contributed by atoms with Crippen LogP contribution >= 0.6 is 0 Å². The highest BCUT2D eigenvalue weighted by molar-refractivity contribution is 5.23. The van der Waals surface area contributed by atoms with Gasteiger partial charge in [0.1, 0.15) is 0 Å². The highest BCUT2D eigenvalue weighted by atomic mass is 15.2. The van der Waals surface area contributed by atoms with Gasteiger partial charge in [0.05, 0.1) is 0 Å². The summed E-state index contributed by atoms with van der Waals surface area (Å²) >= 11 is 0. The molecule has 2 nitrogen and oxygen atoms in total. The summed E-state index contributed by atoms with van der Waals surface area (Å²) < 4.78 is 0. The second-order valence-corrected chi connectivity index (χ2v) is 6.33. The zero-order valence-electron chi connectivity index (χ0n) is 12.6. The summed E-state index contributed by atoms with van der Waals surface area (Å²) in [6, 6.07) is 9.54. The second kappa shape index (κ2) is 6.53. The fraction of sp³-hybridized carbons (Fsp3) is 0.647. The third kappa shape index (κ3) is 4.05. The number of likely N-dealkylation sites (tertiary alicyclic amines) is 1. The topological polar surface area (TPSA) is 29.3 Å². The van der Waals surface area contributed by atoms with Gasteiger partial charge in [-0.15, -0.1) is 0 Å². The maximum atomic E-state index is 6.32. The monoisotopic (exact) mass is 260 g/mol. The van der Waals surface area contributed by atoms with Crippen molar-refractivity contribution in [3.8, 4) is 0 Å². The number of nitrogens with zero attached hydrogens (tertiary/aromatic N) is 1. The zero-order valence-corrected chi connectivity index (χ0v) is 12.6. The summed E-state index contributed by atoms with van der Waals surface area (Å²) in [5, 5.41) is 0. The molecule has 0 bridgehead atoms. The molecule has 0 aliphatic carbocycles. The Hall–Kier alpha value is -0.860. The molecule has 1 aromatic carbocycles. The molecule has 19 heavy (non-hydrogen) atoms. The van der Waals surface area contributed by atoms with Crippen LogP contribution in [0.5, 0.6) is 0 Å². The van der Waals surface area contributed by atoms with Gasteiger partial charge in [0, 0.05) is 25.2 Å². The number of rotatable bonds is 4. The van der Waals surface area contributed by atoms with Gasteiger partial charge in [0.25, 0.3) is 0 Å². The average Bonchev–Trinajstić information content (AvgIpc) is 2.40. The Bertz CT molecular complexity index is 385. The van der Waals surface area contributed by atoms with Crippen molar-refractivity contribution < 1.29 is 0 Å². The van der Waals surface area contributed by atoms with E-state index < -0.39 is 0 Å². The quantitative estimate of drug-likeness (QED) is 0.897. The molecule has 2 N–H and O–H groups in total. The molecule has 2 rings (SSSR count). The zero-order chi connectivity index (χ0) is 13.8. The van der Waals surface area contributed by atoms with Crippen LogP contribution in [-0.4, -0.2) is 24.0 Å². The van der Waals surface area contributed by atoms with Crippen molar-refractivity contribution in [2.75, 3.05) is 13.1 Å². The summed E-state index contributed by atoms with van der Waals surface area (Å²) in [5.41, 5.74) is 8.88. The Balaban J connectivity index is 1.85. The molecule has 0 aromatic heterocycles. The van der Waals surface area contributed by atoms with E-state index in [1.165, 1.54) is 30.5 Å². The van der Waals surface area contributed by atoms with E-state index >= 15 is 0 Å². The van der Waals surface area contributed by atoms with E-state index in [-0.39, 0.29) is 6.04 Å². The number of hydrogen-bond acceptors (Lipinski definition) is 2. The van der Waals surface area contributed by atoms with Crippen LogP contribution in [0.1, 0.15) is 50.3 Å². The molecule has 1 fully saturated rings. The first kappa shape index (κ1) is 14.5. The molecule has 106 valence electrons. The van der Waals surface area contributed by atoms with E-state index in [4.69, 9.17) is 5.73 Å². The number of benzene rings is 1. The lowest BCUT2D eigenvalue weighted by molar-refractivity contribution is 0.121. The van der Waals surface area contributed by atoms with Crippen LogP contribution in [0.15, 0.2) is 24.3 Å². The van der Waals surface area contributed by atoms with Crippen molar-refractivity contribution in [2.45, 2.75) is 52.1 Å². The van der Waals surface area contributed by atoms with Crippen molar-refractivity contribution in [1.82, 2.24) is 4.90 Å². The smallest absolute Gasteiger partial charge is 0.0307 e. The van der Waals surface area contributed by atoms with Crippen LogP contribution in [0, 0.1) is 12.8 Å². The molecule has 1 heterocycles. The molecule has 0 amide bonds. The molecule has 1 aliphatic rings. The lowest BCUT2D eigenvalue weighted by Gasteiger charge is -2.37. The van der Waals surface area contributed by atoms with Gasteiger partial charge in [-0.25, -0.2) is 0 Å². The largest absolute Gasteiger partial charge is 0.324 e. The highest BCUT2D eigenvalue weighted by Gasteiger charge is 2.22. The minimum atomic E-state index is 0.171. The van der Waals surface area contributed by atoms with Gasteiger partial charge < -0.3 is 10.6 Å². The number of aryl methyl sites for hydroxylation is 1. The standard InChI is InChI=1S/C17H28N2/c1-13-5-8-16(9-6-13)17(18)10-11-19-12-14(2)4-7-15(19)3/h5-6,8-9,14-15,17H,4,7,10-12,18H2,1-3H3. The lowest BCUT2D eigenvalue weighted by atomic mass is 9.94. The molecule has 0 radical (unpaired) electrons. The predicted molar refractivity (Wildman–Crippen MR) is 82.2 cm³/mol. The average molecular weight is 260 g/mol. The van der Waals surface area contributed by atoms with Gasteiger partial charge >= 0.3 is 0 Å². The molecule has 0 saturated carbocycles. The Morgan fingerprint density at radius 2 is 1.89 bits per heavy atom. The van der Waals surface area contributed by atoms with Gasteiger partial charge in [-0.3, -0.25) is 0 Å². The van der Waals surface area contributed by atoms with Gasteiger partial charge in [-0.2, -0.15) is 0 Å². The van der Waals surface area contributed by atoms with Crippen LogP contribution in [-0.2, 0) is 0 Å². The first-order valence-corrected chi connectivity index (χ1v) is 7.62. The molecule has 1 aromatic rings. The first-order valence-electron chi connectivity index (χ1n) is 7.62. The van der Waals surface area contributed by atoms with Crippen LogP contribution in [0.2, 0.25) is 0 Å². The fourth-order valence-electron chi connectivity index (χ4n) is 2.98. The third-order valence-corrected chi connectivity index (χ3v) is 4.48.